The molecule has 1 atom stereocenters. The largest absolute Gasteiger partial charge is 0.336 e. The van der Waals surface area contributed by atoms with E-state index in [0.29, 0.717) is 17.4 Å². The molecule has 0 saturated heterocycles. The third kappa shape index (κ3) is 3.38. The average Bonchev–Trinajstić information content (AvgIpc) is 3.19. The number of imide groups is 1. The predicted octanol–water partition coefficient (Wildman–Crippen LogP) is 3.34. The van der Waals surface area contributed by atoms with E-state index in [9.17, 15) is 24.5 Å². The van der Waals surface area contributed by atoms with E-state index in [1.807, 2.05) is 0 Å². The number of fused-ring (bicyclic) bond motifs is 1. The van der Waals surface area contributed by atoms with Gasteiger partial charge in [-0.1, -0.05) is 17.7 Å². The van der Waals surface area contributed by atoms with Crippen molar-refractivity contribution in [1.82, 2.24) is 9.80 Å². The zero-order chi connectivity index (χ0) is 20.6. The molecule has 0 N–H and O–H groups in total. The molecule has 1 aromatic heterocycles. The molecule has 8 nitrogen and oxygen atoms in total. The van der Waals surface area contributed by atoms with Crippen molar-refractivity contribution in [2.24, 2.45) is 0 Å². The number of carbonyl (C=O) groups excluding carboxylic acids is 3. The van der Waals surface area contributed by atoms with E-state index in [1.165, 1.54) is 41.4 Å². The maximum atomic E-state index is 13.0. The van der Waals surface area contributed by atoms with Crippen LogP contribution in [0.15, 0.2) is 30.3 Å². The molecule has 0 radical (unpaired) electrons. The van der Waals surface area contributed by atoms with Crippen molar-refractivity contribution < 1.29 is 19.3 Å². The van der Waals surface area contributed by atoms with Crippen LogP contribution in [0.25, 0.3) is 0 Å². The van der Waals surface area contributed by atoms with Gasteiger partial charge in [0.25, 0.3) is 17.5 Å². The Kier molecular flexibility index (Phi) is 5.48. The van der Waals surface area contributed by atoms with Gasteiger partial charge in [-0.3, -0.25) is 29.4 Å². The molecular weight excluding hydrogens is 406 g/mol. The van der Waals surface area contributed by atoms with E-state index in [2.05, 4.69) is 0 Å². The fraction of sp³-hybridized carbons (Fsp3) is 0.278. The highest BCUT2D eigenvalue weighted by molar-refractivity contribution is 7.16. The van der Waals surface area contributed by atoms with E-state index < -0.39 is 34.4 Å². The molecule has 3 rings (SSSR count). The first kappa shape index (κ1) is 20.0. The summed E-state index contributed by atoms with van der Waals surface area (Å²) in [5.41, 5.74) is -0.782. The lowest BCUT2D eigenvalue weighted by Gasteiger charge is -2.28. The van der Waals surface area contributed by atoms with Crippen LogP contribution in [-0.4, -0.2) is 45.0 Å². The number of benzene rings is 1. The number of thiophene rings is 1. The average molecular weight is 422 g/mol. The first-order valence-corrected chi connectivity index (χ1v) is 9.64. The van der Waals surface area contributed by atoms with Gasteiger partial charge in [-0.05, 0) is 32.0 Å². The number of likely N-dealkylation sites (N-methyl/N-ethyl adjacent to an activating group) is 1. The van der Waals surface area contributed by atoms with Crippen LogP contribution < -0.4 is 0 Å². The van der Waals surface area contributed by atoms with Crippen LogP contribution in [0.4, 0.5) is 5.69 Å². The van der Waals surface area contributed by atoms with E-state index in [-0.39, 0.29) is 11.1 Å². The van der Waals surface area contributed by atoms with Crippen LogP contribution in [-0.2, 0) is 11.3 Å². The molecule has 0 bridgehead atoms. The van der Waals surface area contributed by atoms with Crippen LogP contribution in [0, 0.1) is 10.1 Å². The van der Waals surface area contributed by atoms with Gasteiger partial charge in [0.1, 0.15) is 11.6 Å². The lowest BCUT2D eigenvalue weighted by atomic mass is 10.1. The van der Waals surface area contributed by atoms with Crippen LogP contribution in [0.3, 0.4) is 0 Å². The van der Waals surface area contributed by atoms with E-state index in [4.69, 9.17) is 11.6 Å². The summed E-state index contributed by atoms with van der Waals surface area (Å²) in [6, 6.07) is 6.30. The number of carbonyl (C=O) groups is 3. The van der Waals surface area contributed by atoms with Crippen molar-refractivity contribution in [3.63, 3.8) is 0 Å². The molecule has 146 valence electrons. The Bertz CT molecular complexity index is 989. The molecule has 0 fully saturated rings. The maximum Gasteiger partial charge on any atom is 0.282 e. The second-order valence-corrected chi connectivity index (χ2v) is 7.97. The van der Waals surface area contributed by atoms with Crippen LogP contribution in [0.5, 0.6) is 0 Å². The van der Waals surface area contributed by atoms with Crippen molar-refractivity contribution in [1.29, 1.82) is 0 Å². The summed E-state index contributed by atoms with van der Waals surface area (Å²) in [6.45, 7) is 3.88. The lowest BCUT2D eigenvalue weighted by molar-refractivity contribution is -0.385. The molecular formula is C18H16ClN3O5S. The summed E-state index contributed by atoms with van der Waals surface area (Å²) in [4.78, 5) is 52.1. The zero-order valence-electron chi connectivity index (χ0n) is 15.0. The zero-order valence-corrected chi connectivity index (χ0v) is 16.6. The van der Waals surface area contributed by atoms with Gasteiger partial charge in [-0.25, -0.2) is 0 Å². The Hall–Kier alpha value is -2.78. The smallest absolute Gasteiger partial charge is 0.282 e. The molecule has 0 spiro atoms. The summed E-state index contributed by atoms with van der Waals surface area (Å²) in [7, 11) is 0. The molecule has 0 saturated carbocycles. The van der Waals surface area contributed by atoms with E-state index in [1.54, 1.807) is 19.1 Å². The topological polar surface area (TPSA) is 101 Å². The third-order valence-electron chi connectivity index (χ3n) is 4.53. The van der Waals surface area contributed by atoms with Gasteiger partial charge in [0.15, 0.2) is 0 Å². The number of halogens is 1. The highest BCUT2D eigenvalue weighted by Crippen LogP contribution is 2.32. The fourth-order valence-corrected chi connectivity index (χ4v) is 4.24. The van der Waals surface area contributed by atoms with Gasteiger partial charge in [0, 0.05) is 17.5 Å². The Morgan fingerprint density at radius 1 is 1.29 bits per heavy atom. The van der Waals surface area contributed by atoms with Crippen molar-refractivity contribution in [3.8, 4) is 0 Å². The van der Waals surface area contributed by atoms with E-state index in [0.717, 1.165) is 9.78 Å². The number of rotatable bonds is 6. The molecule has 0 aliphatic carbocycles. The molecule has 2 heterocycles. The van der Waals surface area contributed by atoms with Crippen LogP contribution >= 0.6 is 22.9 Å². The number of nitro benzene ring substituents is 1. The highest BCUT2D eigenvalue weighted by Gasteiger charge is 2.45. The van der Waals surface area contributed by atoms with Gasteiger partial charge in [-0.2, -0.15) is 0 Å². The lowest BCUT2D eigenvalue weighted by Crippen LogP contribution is -2.49. The summed E-state index contributed by atoms with van der Waals surface area (Å²) in [5.74, 6) is -1.97. The Balaban J connectivity index is 1.87. The quantitative estimate of drug-likeness (QED) is 0.404. The molecule has 1 aliphatic rings. The number of hydrogen-bond acceptors (Lipinski definition) is 6. The number of nitro groups is 1. The Morgan fingerprint density at radius 2 is 2.00 bits per heavy atom. The summed E-state index contributed by atoms with van der Waals surface area (Å²) >= 11 is 7.26. The Labute approximate surface area is 169 Å². The van der Waals surface area contributed by atoms with Crippen LogP contribution in [0.2, 0.25) is 4.34 Å². The second kappa shape index (κ2) is 7.69. The minimum absolute atomic E-state index is 0.0630. The van der Waals surface area contributed by atoms with Gasteiger partial charge in [0.05, 0.1) is 21.4 Å². The van der Waals surface area contributed by atoms with Crippen molar-refractivity contribution >= 4 is 46.3 Å². The first-order valence-electron chi connectivity index (χ1n) is 8.44. The molecule has 10 heteroatoms. The predicted molar refractivity (Wildman–Crippen MR) is 103 cm³/mol. The number of hydrogen-bond donors (Lipinski definition) is 0. The summed E-state index contributed by atoms with van der Waals surface area (Å²) in [6.07, 6.45) is 0. The molecule has 1 aromatic carbocycles. The normalized spacial score (nSPS) is 14.2. The minimum Gasteiger partial charge on any atom is -0.336 e. The highest BCUT2D eigenvalue weighted by atomic mass is 35.5. The fourth-order valence-electron chi connectivity index (χ4n) is 3.13. The van der Waals surface area contributed by atoms with Crippen LogP contribution in [0.1, 0.15) is 39.4 Å². The molecule has 1 aliphatic heterocycles. The van der Waals surface area contributed by atoms with Crippen molar-refractivity contribution in [2.75, 3.05) is 6.54 Å². The standard InChI is InChI=1S/C18H16ClN3O5S/c1-3-20(9-11-7-8-14(19)28-11)16(23)10(2)21-17(24)12-5-4-6-13(22(26)27)15(12)18(21)25/h4-8,10H,3,9H2,1-2H3/t10-/m0/s1. The summed E-state index contributed by atoms with van der Waals surface area (Å²) in [5, 5.41) is 11.2. The monoisotopic (exact) mass is 421 g/mol. The maximum absolute atomic E-state index is 13.0. The van der Waals surface area contributed by atoms with Gasteiger partial charge in [-0.15, -0.1) is 11.3 Å². The van der Waals surface area contributed by atoms with Crippen molar-refractivity contribution in [2.45, 2.75) is 26.4 Å². The molecule has 3 amide bonds. The minimum atomic E-state index is -1.10. The van der Waals surface area contributed by atoms with Gasteiger partial charge in [0.2, 0.25) is 5.91 Å². The Morgan fingerprint density at radius 3 is 2.57 bits per heavy atom. The van der Waals surface area contributed by atoms with Crippen molar-refractivity contribution in [3.05, 3.63) is 60.8 Å². The number of nitrogens with zero attached hydrogens (tertiary/aromatic N) is 3. The second-order valence-electron chi connectivity index (χ2n) is 6.17. The molecule has 28 heavy (non-hydrogen) atoms. The van der Waals surface area contributed by atoms with Gasteiger partial charge >= 0.3 is 0 Å². The van der Waals surface area contributed by atoms with Gasteiger partial charge < -0.3 is 4.90 Å². The number of amides is 3. The third-order valence-corrected chi connectivity index (χ3v) is 5.75. The first-order chi connectivity index (χ1) is 13.3. The SMILES string of the molecule is CCN(Cc1ccc(Cl)s1)C(=O)[C@H](C)N1C(=O)c2cccc([N+](=O)[O-])c2C1=O. The summed E-state index contributed by atoms with van der Waals surface area (Å²) < 4.78 is 0.596. The molecule has 2 aromatic rings. The van der Waals surface area contributed by atoms with E-state index >= 15 is 0 Å². The molecule has 0 unspecified atom stereocenters.